The third-order valence-corrected chi connectivity index (χ3v) is 11.2. The molecular weight excluding hydrogens is 484 g/mol. The molecule has 1 aromatic carbocycles. The molecule has 4 nitrogen and oxygen atoms in total. The number of carbonyl (C=O) groups is 2. The van der Waals surface area contributed by atoms with Gasteiger partial charge in [0.15, 0.2) is 5.76 Å². The Bertz CT molecular complexity index is 1270. The Morgan fingerprint density at radius 3 is 2.46 bits per heavy atom. The summed E-state index contributed by atoms with van der Waals surface area (Å²) in [4.78, 5) is 22.2. The Morgan fingerprint density at radius 1 is 1.00 bits per heavy atom. The number of ketones is 1. The van der Waals surface area contributed by atoms with Gasteiger partial charge in [-0.1, -0.05) is 82.2 Å². The van der Waals surface area contributed by atoms with Gasteiger partial charge in [0.1, 0.15) is 6.61 Å². The Hall–Kier alpha value is -2.88. The number of benzene rings is 1. The zero-order chi connectivity index (χ0) is 28.0. The van der Waals surface area contributed by atoms with Gasteiger partial charge in [-0.25, -0.2) is 0 Å². The summed E-state index contributed by atoms with van der Waals surface area (Å²) in [5.74, 6) is 2.13. The lowest BCUT2D eigenvalue weighted by Crippen LogP contribution is -2.55. The predicted octanol–water partition coefficient (Wildman–Crippen LogP) is 8.21. The zero-order valence-electron chi connectivity index (χ0n) is 24.3. The summed E-state index contributed by atoms with van der Waals surface area (Å²) in [7, 11) is 0. The van der Waals surface area contributed by atoms with E-state index in [-0.39, 0.29) is 22.4 Å². The largest absolute Gasteiger partial charge is 0.504 e. The van der Waals surface area contributed by atoms with Crippen molar-refractivity contribution in [2.45, 2.75) is 86.2 Å². The minimum absolute atomic E-state index is 0.0787. The molecule has 6 unspecified atom stereocenters. The molecular formula is C35H44O4. The molecule has 0 heterocycles. The number of fused-ring (bicyclic) bond motifs is 7. The van der Waals surface area contributed by atoms with Crippen molar-refractivity contribution in [2.75, 3.05) is 0 Å². The van der Waals surface area contributed by atoms with E-state index in [0.29, 0.717) is 18.5 Å². The first-order valence-electron chi connectivity index (χ1n) is 14.7. The van der Waals surface area contributed by atoms with Gasteiger partial charge in [0.05, 0.1) is 0 Å². The smallest absolute Gasteiger partial charge is 0.293 e. The van der Waals surface area contributed by atoms with Crippen LogP contribution in [0.25, 0.3) is 0 Å². The number of hydrogen-bond donors (Lipinski definition) is 1. The summed E-state index contributed by atoms with van der Waals surface area (Å²) in [5, 5.41) is 10.2. The molecule has 3 fully saturated rings. The highest BCUT2D eigenvalue weighted by Crippen LogP contribution is 2.69. The van der Waals surface area contributed by atoms with Crippen molar-refractivity contribution in [3.05, 3.63) is 82.2 Å². The van der Waals surface area contributed by atoms with E-state index in [4.69, 9.17) is 0 Å². The van der Waals surface area contributed by atoms with Crippen LogP contribution >= 0.6 is 0 Å². The van der Waals surface area contributed by atoms with Crippen LogP contribution in [0.4, 0.5) is 0 Å². The average molecular weight is 529 g/mol. The highest BCUT2D eigenvalue weighted by Gasteiger charge is 2.60. The molecule has 6 atom stereocenters. The second-order valence-electron chi connectivity index (χ2n) is 13.5. The lowest BCUT2D eigenvalue weighted by molar-refractivity contribution is -0.129. The highest BCUT2D eigenvalue weighted by molar-refractivity contribution is 6.06. The van der Waals surface area contributed by atoms with Crippen molar-refractivity contribution >= 4 is 12.3 Å². The van der Waals surface area contributed by atoms with Crippen LogP contribution in [-0.2, 0) is 20.9 Å². The fraction of sp³-hybridized carbons (Fsp3) is 0.543. The van der Waals surface area contributed by atoms with Crippen molar-refractivity contribution in [2.24, 2.45) is 34.0 Å². The third kappa shape index (κ3) is 4.64. The van der Waals surface area contributed by atoms with E-state index < -0.39 is 0 Å². The fourth-order valence-corrected chi connectivity index (χ4v) is 8.78. The summed E-state index contributed by atoms with van der Waals surface area (Å²) in [6, 6.07) is 9.55. The maximum absolute atomic E-state index is 12.5. The van der Waals surface area contributed by atoms with Gasteiger partial charge in [-0.15, -0.1) is 0 Å². The van der Waals surface area contributed by atoms with Crippen LogP contribution in [0, 0.1) is 34.0 Å². The Balaban J connectivity index is 0.000000261. The first-order valence-corrected chi connectivity index (χ1v) is 14.7. The minimum Gasteiger partial charge on any atom is -0.504 e. The van der Waals surface area contributed by atoms with E-state index in [2.05, 4.69) is 44.6 Å². The Labute approximate surface area is 233 Å². The quantitative estimate of drug-likeness (QED) is 0.402. The number of aliphatic hydroxyl groups excluding tert-OH is 1. The van der Waals surface area contributed by atoms with Gasteiger partial charge >= 0.3 is 0 Å². The molecule has 0 saturated heterocycles. The summed E-state index contributed by atoms with van der Waals surface area (Å²) >= 11 is 0. The number of hydrogen-bond acceptors (Lipinski definition) is 4. The van der Waals surface area contributed by atoms with E-state index in [1.807, 2.05) is 37.3 Å². The van der Waals surface area contributed by atoms with Crippen molar-refractivity contribution in [1.82, 2.24) is 0 Å². The third-order valence-electron chi connectivity index (χ3n) is 11.2. The summed E-state index contributed by atoms with van der Waals surface area (Å²) < 4.78 is 4.54. The van der Waals surface area contributed by atoms with Crippen molar-refractivity contribution in [3.8, 4) is 0 Å². The van der Waals surface area contributed by atoms with Gasteiger partial charge < -0.3 is 9.84 Å². The van der Waals surface area contributed by atoms with E-state index >= 15 is 0 Å². The molecule has 0 bridgehead atoms. The van der Waals surface area contributed by atoms with Crippen molar-refractivity contribution in [1.29, 1.82) is 0 Å². The number of carbonyl (C=O) groups excluding carboxylic acids is 2. The predicted molar refractivity (Wildman–Crippen MR) is 155 cm³/mol. The zero-order valence-corrected chi connectivity index (χ0v) is 24.3. The van der Waals surface area contributed by atoms with Crippen LogP contribution in [-0.4, -0.2) is 17.4 Å². The molecule has 4 heteroatoms. The Kier molecular flexibility index (Phi) is 7.28. The normalized spacial score (nSPS) is 36.9. The molecule has 1 N–H and O–H groups in total. The second-order valence-corrected chi connectivity index (χ2v) is 13.5. The molecule has 0 radical (unpaired) electrons. The maximum atomic E-state index is 12.5. The number of aliphatic hydroxyl groups is 1. The molecule has 5 aliphatic rings. The minimum atomic E-state index is -0.221. The van der Waals surface area contributed by atoms with Gasteiger partial charge in [-0.3, -0.25) is 9.59 Å². The van der Waals surface area contributed by atoms with Gasteiger partial charge in [0.2, 0.25) is 5.78 Å². The van der Waals surface area contributed by atoms with Crippen LogP contribution < -0.4 is 0 Å². The van der Waals surface area contributed by atoms with Crippen LogP contribution in [0.2, 0.25) is 0 Å². The SMILES string of the molecule is CC1=C(O)C(=O)C=C2C1=CC=C1C2(C)CCC2C3CC(C)CCC3(C)CCC12C.O=COCc1ccccc1. The van der Waals surface area contributed by atoms with Gasteiger partial charge in [-0.05, 0) is 96.8 Å². The first kappa shape index (κ1) is 27.7. The van der Waals surface area contributed by atoms with Crippen LogP contribution in [0.3, 0.4) is 0 Å². The lowest BCUT2D eigenvalue weighted by Gasteiger charge is -2.64. The topological polar surface area (TPSA) is 63.6 Å². The van der Waals surface area contributed by atoms with Crippen LogP contribution in [0.1, 0.15) is 85.1 Å². The molecule has 0 amide bonds. The summed E-state index contributed by atoms with van der Waals surface area (Å²) in [5.41, 5.74) is 6.19. The van der Waals surface area contributed by atoms with E-state index in [1.165, 1.54) is 38.5 Å². The summed E-state index contributed by atoms with van der Waals surface area (Å²) in [6.07, 6.45) is 15.5. The molecule has 0 aliphatic heterocycles. The van der Waals surface area contributed by atoms with Gasteiger partial charge in [0.25, 0.3) is 6.47 Å². The lowest BCUT2D eigenvalue weighted by atomic mass is 9.40. The van der Waals surface area contributed by atoms with Crippen LogP contribution in [0.5, 0.6) is 0 Å². The molecule has 6 rings (SSSR count). The van der Waals surface area contributed by atoms with Crippen molar-refractivity contribution in [3.63, 3.8) is 0 Å². The second kappa shape index (κ2) is 10.3. The van der Waals surface area contributed by atoms with Gasteiger partial charge in [0, 0.05) is 11.0 Å². The van der Waals surface area contributed by atoms with Crippen molar-refractivity contribution < 1.29 is 19.4 Å². The Morgan fingerprint density at radius 2 is 1.74 bits per heavy atom. The van der Waals surface area contributed by atoms with E-state index in [9.17, 15) is 14.7 Å². The standard InChI is InChI=1S/C27H36O2.C8H8O2/c1-16-8-10-25(3)12-13-27(5)19(21(25)14-16)9-11-26(4)20-15-22(28)24(29)17(2)18(20)6-7-23(26)27;9-7-10-6-8-4-2-1-3-5-8/h6-7,15-16,19,21,29H,8-14H2,1-5H3;1-5,7H,6H2. The molecule has 39 heavy (non-hydrogen) atoms. The molecule has 208 valence electrons. The maximum Gasteiger partial charge on any atom is 0.293 e. The number of ether oxygens (including phenoxy) is 1. The average Bonchev–Trinajstić information content (AvgIpc) is 2.92. The number of allylic oxidation sites excluding steroid dienone is 7. The molecule has 0 aromatic heterocycles. The number of rotatable bonds is 3. The van der Waals surface area contributed by atoms with E-state index in [1.54, 1.807) is 11.6 Å². The van der Waals surface area contributed by atoms with Crippen LogP contribution in [0.15, 0.2) is 76.6 Å². The van der Waals surface area contributed by atoms with Gasteiger partial charge in [-0.2, -0.15) is 0 Å². The molecule has 0 spiro atoms. The monoisotopic (exact) mass is 528 g/mol. The molecule has 5 aliphatic carbocycles. The molecule has 1 aromatic rings. The first-order chi connectivity index (χ1) is 18.5. The van der Waals surface area contributed by atoms with E-state index in [0.717, 1.165) is 46.5 Å². The highest BCUT2D eigenvalue weighted by atomic mass is 16.5. The molecule has 3 saturated carbocycles. The fourth-order valence-electron chi connectivity index (χ4n) is 8.78. The summed E-state index contributed by atoms with van der Waals surface area (Å²) in [6.45, 7) is 12.6.